The lowest BCUT2D eigenvalue weighted by Crippen LogP contribution is -1.81. The zero-order valence-corrected chi connectivity index (χ0v) is 11.0. The molecule has 2 rings (SSSR count). The van der Waals surface area contributed by atoms with Gasteiger partial charge in [0.25, 0.3) is 0 Å². The summed E-state index contributed by atoms with van der Waals surface area (Å²) in [6.07, 6.45) is 0. The molecular formula is C10H6Br2OS. The van der Waals surface area contributed by atoms with E-state index in [1.165, 1.54) is 0 Å². The molecule has 0 aliphatic carbocycles. The van der Waals surface area contributed by atoms with Crippen LogP contribution in [0.25, 0.3) is 0 Å². The highest BCUT2D eigenvalue weighted by Gasteiger charge is 2.02. The first-order chi connectivity index (χ1) is 6.75. The quantitative estimate of drug-likeness (QED) is 0.745. The van der Waals surface area contributed by atoms with Crippen molar-refractivity contribution in [1.29, 1.82) is 0 Å². The van der Waals surface area contributed by atoms with Crippen molar-refractivity contribution in [3.8, 4) is 11.5 Å². The van der Waals surface area contributed by atoms with Crippen LogP contribution in [0.2, 0.25) is 0 Å². The van der Waals surface area contributed by atoms with Gasteiger partial charge in [-0.3, -0.25) is 0 Å². The Hall–Kier alpha value is -0.320. The Labute approximate surface area is 103 Å². The molecule has 0 saturated heterocycles. The van der Waals surface area contributed by atoms with Crippen LogP contribution >= 0.6 is 43.2 Å². The van der Waals surface area contributed by atoms with Crippen LogP contribution in [0.1, 0.15) is 0 Å². The van der Waals surface area contributed by atoms with Crippen molar-refractivity contribution in [2.24, 2.45) is 0 Å². The number of benzene rings is 1. The molecule has 0 bridgehead atoms. The van der Waals surface area contributed by atoms with Crippen LogP contribution in [0, 0.1) is 0 Å². The van der Waals surface area contributed by atoms with Gasteiger partial charge >= 0.3 is 0 Å². The van der Waals surface area contributed by atoms with Crippen molar-refractivity contribution in [2.75, 3.05) is 0 Å². The van der Waals surface area contributed by atoms with Crippen molar-refractivity contribution in [2.45, 2.75) is 0 Å². The molecule has 1 heterocycles. The Balaban J connectivity index is 2.19. The Bertz CT molecular complexity index is 422. The molecule has 2 aromatic rings. The van der Waals surface area contributed by atoms with Crippen molar-refractivity contribution in [1.82, 2.24) is 0 Å². The average Bonchev–Trinajstić information content (AvgIpc) is 2.56. The van der Waals surface area contributed by atoms with Crippen LogP contribution < -0.4 is 4.74 Å². The Morgan fingerprint density at radius 2 is 1.71 bits per heavy atom. The lowest BCUT2D eigenvalue weighted by molar-refractivity contribution is 0.482. The van der Waals surface area contributed by atoms with Crippen LogP contribution in [0.3, 0.4) is 0 Å². The first-order valence-electron chi connectivity index (χ1n) is 3.91. The second-order valence-electron chi connectivity index (χ2n) is 2.64. The number of hydrogen-bond acceptors (Lipinski definition) is 2. The normalized spacial score (nSPS) is 10.1. The second-order valence-corrected chi connectivity index (χ2v) is 5.15. The summed E-state index contributed by atoms with van der Waals surface area (Å²) in [5.74, 6) is 1.70. The van der Waals surface area contributed by atoms with Gasteiger partial charge in [0.15, 0.2) is 5.75 Å². The largest absolute Gasteiger partial charge is 0.455 e. The van der Waals surface area contributed by atoms with Gasteiger partial charge in [0, 0.05) is 15.2 Å². The standard InChI is InChI=1S/C10H6Br2OS/c11-7-1-3-8(4-2-7)13-10-6-14-5-9(10)12/h1-6H. The van der Waals surface area contributed by atoms with Crippen molar-refractivity contribution in [3.05, 3.63) is 44.0 Å². The van der Waals surface area contributed by atoms with Crippen molar-refractivity contribution < 1.29 is 4.74 Å². The summed E-state index contributed by atoms with van der Waals surface area (Å²) < 4.78 is 7.69. The van der Waals surface area contributed by atoms with Gasteiger partial charge in [-0.15, -0.1) is 11.3 Å². The molecule has 0 unspecified atom stereocenters. The van der Waals surface area contributed by atoms with Crippen molar-refractivity contribution >= 4 is 43.2 Å². The number of halogens is 2. The SMILES string of the molecule is Brc1ccc(Oc2cscc2Br)cc1. The Morgan fingerprint density at radius 3 is 2.29 bits per heavy atom. The maximum Gasteiger partial charge on any atom is 0.152 e. The molecule has 0 spiro atoms. The molecule has 0 N–H and O–H groups in total. The van der Waals surface area contributed by atoms with Crippen LogP contribution in [0.5, 0.6) is 11.5 Å². The Kier molecular flexibility index (Phi) is 3.26. The summed E-state index contributed by atoms with van der Waals surface area (Å²) in [7, 11) is 0. The maximum atomic E-state index is 5.65. The van der Waals surface area contributed by atoms with Gasteiger partial charge in [-0.05, 0) is 40.2 Å². The van der Waals surface area contributed by atoms with Gasteiger partial charge in [0.2, 0.25) is 0 Å². The van der Waals surface area contributed by atoms with E-state index in [0.717, 1.165) is 20.4 Å². The lowest BCUT2D eigenvalue weighted by atomic mass is 10.3. The summed E-state index contributed by atoms with van der Waals surface area (Å²) in [5.41, 5.74) is 0. The summed E-state index contributed by atoms with van der Waals surface area (Å²) in [5, 5.41) is 3.96. The molecule has 0 saturated carbocycles. The highest BCUT2D eigenvalue weighted by molar-refractivity contribution is 9.10. The molecule has 14 heavy (non-hydrogen) atoms. The van der Waals surface area contributed by atoms with E-state index in [1.54, 1.807) is 11.3 Å². The molecule has 0 aliphatic rings. The molecular weight excluding hydrogens is 328 g/mol. The van der Waals surface area contributed by atoms with Gasteiger partial charge in [0.1, 0.15) is 5.75 Å². The number of hydrogen-bond donors (Lipinski definition) is 0. The smallest absolute Gasteiger partial charge is 0.152 e. The van der Waals surface area contributed by atoms with Crippen LogP contribution in [0.4, 0.5) is 0 Å². The number of ether oxygens (including phenoxy) is 1. The monoisotopic (exact) mass is 332 g/mol. The summed E-state index contributed by atoms with van der Waals surface area (Å²) in [4.78, 5) is 0. The topological polar surface area (TPSA) is 9.23 Å². The highest BCUT2D eigenvalue weighted by atomic mass is 79.9. The van der Waals surface area contributed by atoms with Crippen LogP contribution in [0.15, 0.2) is 44.0 Å². The minimum Gasteiger partial charge on any atom is -0.455 e. The molecule has 4 heteroatoms. The van der Waals surface area contributed by atoms with E-state index in [9.17, 15) is 0 Å². The Morgan fingerprint density at radius 1 is 1.00 bits per heavy atom. The van der Waals surface area contributed by atoms with Gasteiger partial charge in [-0.1, -0.05) is 15.9 Å². The molecule has 1 nitrogen and oxygen atoms in total. The fraction of sp³-hybridized carbons (Fsp3) is 0. The molecule has 72 valence electrons. The molecule has 1 aromatic heterocycles. The minimum atomic E-state index is 0.840. The van der Waals surface area contributed by atoms with Gasteiger partial charge < -0.3 is 4.74 Å². The molecule has 0 fully saturated rings. The van der Waals surface area contributed by atoms with E-state index >= 15 is 0 Å². The van der Waals surface area contributed by atoms with E-state index in [4.69, 9.17) is 4.74 Å². The first kappa shape index (κ1) is 10.2. The van der Waals surface area contributed by atoms with Crippen LogP contribution in [-0.4, -0.2) is 0 Å². The zero-order chi connectivity index (χ0) is 9.97. The fourth-order valence-corrected chi connectivity index (χ4v) is 2.51. The van der Waals surface area contributed by atoms with E-state index < -0.39 is 0 Å². The van der Waals surface area contributed by atoms with Gasteiger partial charge in [0.05, 0.1) is 4.47 Å². The third-order valence-electron chi connectivity index (χ3n) is 1.62. The number of rotatable bonds is 2. The molecule has 0 radical (unpaired) electrons. The summed E-state index contributed by atoms with van der Waals surface area (Å²) in [6.45, 7) is 0. The third-order valence-corrected chi connectivity index (χ3v) is 3.80. The highest BCUT2D eigenvalue weighted by Crippen LogP contribution is 2.33. The molecule has 0 aliphatic heterocycles. The second kappa shape index (κ2) is 4.47. The van der Waals surface area contributed by atoms with Gasteiger partial charge in [-0.2, -0.15) is 0 Å². The first-order valence-corrected chi connectivity index (χ1v) is 6.44. The summed E-state index contributed by atoms with van der Waals surface area (Å²) >= 11 is 8.40. The molecule has 0 amide bonds. The van der Waals surface area contributed by atoms with E-state index in [2.05, 4.69) is 31.9 Å². The summed E-state index contributed by atoms with van der Waals surface area (Å²) in [6, 6.07) is 7.76. The molecule has 0 atom stereocenters. The predicted molar refractivity (Wildman–Crippen MR) is 66.2 cm³/mol. The van der Waals surface area contributed by atoms with Gasteiger partial charge in [-0.25, -0.2) is 0 Å². The molecule has 1 aromatic carbocycles. The van der Waals surface area contributed by atoms with E-state index in [-0.39, 0.29) is 0 Å². The number of thiophene rings is 1. The fourth-order valence-electron chi connectivity index (χ4n) is 0.972. The average molecular weight is 334 g/mol. The minimum absolute atomic E-state index is 0.840. The maximum absolute atomic E-state index is 5.65. The van der Waals surface area contributed by atoms with Crippen LogP contribution in [-0.2, 0) is 0 Å². The van der Waals surface area contributed by atoms with Crippen molar-refractivity contribution in [3.63, 3.8) is 0 Å². The lowest BCUT2D eigenvalue weighted by Gasteiger charge is -2.03. The van der Waals surface area contributed by atoms with E-state index in [1.807, 2.05) is 35.0 Å². The zero-order valence-electron chi connectivity index (χ0n) is 7.04. The third kappa shape index (κ3) is 2.38. The predicted octanol–water partition coefficient (Wildman–Crippen LogP) is 5.07. The van der Waals surface area contributed by atoms with E-state index in [0.29, 0.717) is 0 Å².